The van der Waals surface area contributed by atoms with E-state index in [1.807, 2.05) is 18.2 Å². The van der Waals surface area contributed by atoms with Gasteiger partial charge >= 0.3 is 5.97 Å². The number of hydrogen-bond acceptors (Lipinski definition) is 3. The quantitative estimate of drug-likeness (QED) is 0.153. The first kappa shape index (κ1) is 29.3. The van der Waals surface area contributed by atoms with E-state index in [-0.39, 0.29) is 18.1 Å². The summed E-state index contributed by atoms with van der Waals surface area (Å²) in [6, 6.07) is 15.8. The van der Waals surface area contributed by atoms with Crippen LogP contribution < -0.4 is 5.32 Å². The Labute approximate surface area is 216 Å². The summed E-state index contributed by atoms with van der Waals surface area (Å²) >= 11 is 0. The molecule has 2 aromatic carbocycles. The number of aliphatic carboxylic acids is 1. The Hall–Kier alpha value is -2.95. The fourth-order valence-corrected chi connectivity index (χ4v) is 4.51. The molecule has 1 unspecified atom stereocenters. The van der Waals surface area contributed by atoms with Crippen molar-refractivity contribution in [2.24, 2.45) is 5.92 Å². The molecule has 2 rings (SSSR count). The van der Waals surface area contributed by atoms with Crippen molar-refractivity contribution in [3.05, 3.63) is 65.7 Å². The number of carboxylic acid groups (broad SMARTS) is 1. The fraction of sp³-hybridized carbons (Fsp3) is 0.516. The first-order chi connectivity index (χ1) is 17.5. The summed E-state index contributed by atoms with van der Waals surface area (Å²) < 4.78 is 0. The second-order valence-corrected chi connectivity index (χ2v) is 9.74. The molecule has 2 aromatic rings. The van der Waals surface area contributed by atoms with Crippen LogP contribution in [0, 0.1) is 5.92 Å². The van der Waals surface area contributed by atoms with Crippen LogP contribution in [0.4, 0.5) is 5.69 Å². The van der Waals surface area contributed by atoms with Crippen molar-refractivity contribution < 1.29 is 19.5 Å². The first-order valence-corrected chi connectivity index (χ1v) is 13.7. The van der Waals surface area contributed by atoms with E-state index in [0.717, 1.165) is 19.3 Å². The highest BCUT2D eigenvalue weighted by Gasteiger charge is 2.22. The Kier molecular flexibility index (Phi) is 14.2. The average molecular weight is 494 g/mol. The molecule has 0 radical (unpaired) electrons. The number of anilines is 1. The second kappa shape index (κ2) is 17.5. The molecule has 0 fully saturated rings. The summed E-state index contributed by atoms with van der Waals surface area (Å²) in [4.78, 5) is 36.9. The molecule has 1 amide bonds. The zero-order chi connectivity index (χ0) is 26.0. The third kappa shape index (κ3) is 11.7. The lowest BCUT2D eigenvalue weighted by Gasteiger charge is -2.15. The van der Waals surface area contributed by atoms with Gasteiger partial charge < -0.3 is 10.4 Å². The van der Waals surface area contributed by atoms with Crippen LogP contribution >= 0.6 is 0 Å². The van der Waals surface area contributed by atoms with Crippen LogP contribution in [0.5, 0.6) is 0 Å². The van der Waals surface area contributed by atoms with E-state index in [1.165, 1.54) is 57.8 Å². The maximum Gasteiger partial charge on any atom is 0.304 e. The standard InChI is InChI=1S/C31H43NO4/c1-2-3-4-5-6-7-8-9-10-11-12-14-20-27(24-29(33)34)31(36)32-28-22-17-21-26(23-28)30(35)25-18-15-13-16-19-25/h13,15-19,21-23,27H,2-12,14,20,24H2,1H3,(H,32,36)(H,33,34). The molecule has 0 aliphatic rings. The molecule has 0 bridgehead atoms. The lowest BCUT2D eigenvalue weighted by atomic mass is 9.95. The number of nitrogens with one attached hydrogen (secondary N) is 1. The van der Waals surface area contributed by atoms with Crippen molar-refractivity contribution in [1.29, 1.82) is 0 Å². The number of benzene rings is 2. The number of carbonyl (C=O) groups is 3. The van der Waals surface area contributed by atoms with Crippen LogP contribution in [-0.2, 0) is 9.59 Å². The normalized spacial score (nSPS) is 11.7. The monoisotopic (exact) mass is 493 g/mol. The molecule has 0 saturated heterocycles. The van der Waals surface area contributed by atoms with Gasteiger partial charge in [0.25, 0.3) is 0 Å². The summed E-state index contributed by atoms with van der Waals surface area (Å²) in [5.74, 6) is -1.98. The van der Waals surface area contributed by atoms with Gasteiger partial charge in [-0.25, -0.2) is 0 Å². The van der Waals surface area contributed by atoms with E-state index in [0.29, 0.717) is 23.2 Å². The van der Waals surface area contributed by atoms with Crippen molar-refractivity contribution in [3.63, 3.8) is 0 Å². The molecule has 0 aliphatic carbocycles. The maximum atomic E-state index is 12.9. The number of carbonyl (C=O) groups excluding carboxylic acids is 2. The third-order valence-electron chi connectivity index (χ3n) is 6.63. The van der Waals surface area contributed by atoms with Crippen LogP contribution in [0.2, 0.25) is 0 Å². The van der Waals surface area contributed by atoms with Gasteiger partial charge in [0.1, 0.15) is 0 Å². The van der Waals surface area contributed by atoms with Gasteiger partial charge in [-0.05, 0) is 18.6 Å². The number of amides is 1. The van der Waals surface area contributed by atoms with E-state index in [4.69, 9.17) is 0 Å². The summed E-state index contributed by atoms with van der Waals surface area (Å²) in [6.07, 6.45) is 15.1. The minimum Gasteiger partial charge on any atom is -0.481 e. The summed E-state index contributed by atoms with van der Waals surface area (Å²) in [5, 5.41) is 12.1. The second-order valence-electron chi connectivity index (χ2n) is 9.74. The SMILES string of the molecule is CCCCCCCCCCCCCCC(CC(=O)O)C(=O)Nc1cccc(C(=O)c2ccccc2)c1. The Morgan fingerprint density at radius 1 is 0.722 bits per heavy atom. The van der Waals surface area contributed by atoms with Crippen molar-refractivity contribution >= 4 is 23.3 Å². The third-order valence-corrected chi connectivity index (χ3v) is 6.63. The molecule has 0 aliphatic heterocycles. The van der Waals surface area contributed by atoms with Crippen molar-refractivity contribution in [1.82, 2.24) is 0 Å². The van der Waals surface area contributed by atoms with Crippen LogP contribution in [0.3, 0.4) is 0 Å². The van der Waals surface area contributed by atoms with Gasteiger partial charge in [-0.1, -0.05) is 126 Å². The summed E-state index contributed by atoms with van der Waals surface area (Å²) in [5.41, 5.74) is 1.57. The largest absolute Gasteiger partial charge is 0.481 e. The predicted octanol–water partition coefficient (Wildman–Crippen LogP) is 8.04. The first-order valence-electron chi connectivity index (χ1n) is 13.7. The molecule has 5 heteroatoms. The van der Waals surface area contributed by atoms with Gasteiger partial charge in [-0.15, -0.1) is 0 Å². The average Bonchev–Trinajstić information content (AvgIpc) is 2.88. The van der Waals surface area contributed by atoms with Crippen LogP contribution in [0.1, 0.15) is 113 Å². The molecule has 2 N–H and O–H groups in total. The number of hydrogen-bond donors (Lipinski definition) is 2. The number of rotatable bonds is 19. The van der Waals surface area contributed by atoms with Crippen LogP contribution in [-0.4, -0.2) is 22.8 Å². The molecule has 0 spiro atoms. The van der Waals surface area contributed by atoms with Crippen molar-refractivity contribution in [3.8, 4) is 0 Å². The number of unbranched alkanes of at least 4 members (excludes halogenated alkanes) is 11. The Morgan fingerprint density at radius 3 is 1.86 bits per heavy atom. The van der Waals surface area contributed by atoms with Crippen LogP contribution in [0.15, 0.2) is 54.6 Å². The minimum atomic E-state index is -0.970. The highest BCUT2D eigenvalue weighted by Crippen LogP contribution is 2.20. The Balaban J connectivity index is 1.75. The van der Waals surface area contributed by atoms with E-state index < -0.39 is 11.9 Å². The minimum absolute atomic E-state index is 0.120. The molecule has 0 heterocycles. The van der Waals surface area contributed by atoms with Gasteiger partial charge in [0, 0.05) is 22.7 Å². The van der Waals surface area contributed by atoms with Crippen LogP contribution in [0.25, 0.3) is 0 Å². The lowest BCUT2D eigenvalue weighted by Crippen LogP contribution is -2.25. The van der Waals surface area contributed by atoms with Gasteiger partial charge in [0.2, 0.25) is 5.91 Å². The zero-order valence-corrected chi connectivity index (χ0v) is 21.8. The van der Waals surface area contributed by atoms with Gasteiger partial charge in [0.05, 0.1) is 6.42 Å². The molecule has 0 aromatic heterocycles. The van der Waals surface area contributed by atoms with Crippen molar-refractivity contribution in [2.45, 2.75) is 96.8 Å². The molecular formula is C31H43NO4. The lowest BCUT2D eigenvalue weighted by molar-refractivity contribution is -0.140. The summed E-state index contributed by atoms with van der Waals surface area (Å²) in [6.45, 7) is 2.24. The van der Waals surface area contributed by atoms with E-state index >= 15 is 0 Å². The molecule has 1 atom stereocenters. The molecule has 196 valence electrons. The highest BCUT2D eigenvalue weighted by molar-refractivity contribution is 6.09. The topological polar surface area (TPSA) is 83.5 Å². The van der Waals surface area contributed by atoms with Gasteiger partial charge in [-0.2, -0.15) is 0 Å². The molecule has 36 heavy (non-hydrogen) atoms. The van der Waals surface area contributed by atoms with E-state index in [2.05, 4.69) is 12.2 Å². The highest BCUT2D eigenvalue weighted by atomic mass is 16.4. The summed E-state index contributed by atoms with van der Waals surface area (Å²) in [7, 11) is 0. The Morgan fingerprint density at radius 2 is 1.28 bits per heavy atom. The van der Waals surface area contributed by atoms with Gasteiger partial charge in [-0.3, -0.25) is 14.4 Å². The zero-order valence-electron chi connectivity index (χ0n) is 21.8. The Bertz CT molecular complexity index is 925. The molecular weight excluding hydrogens is 450 g/mol. The van der Waals surface area contributed by atoms with Crippen molar-refractivity contribution in [2.75, 3.05) is 5.32 Å². The number of ketones is 1. The van der Waals surface area contributed by atoms with E-state index in [9.17, 15) is 19.5 Å². The predicted molar refractivity (Wildman–Crippen MR) is 146 cm³/mol. The fourth-order valence-electron chi connectivity index (χ4n) is 4.51. The van der Waals surface area contributed by atoms with E-state index in [1.54, 1.807) is 36.4 Å². The maximum absolute atomic E-state index is 12.9. The smallest absolute Gasteiger partial charge is 0.304 e. The van der Waals surface area contributed by atoms with Gasteiger partial charge in [0.15, 0.2) is 5.78 Å². The molecule has 0 saturated carbocycles. The molecule has 5 nitrogen and oxygen atoms in total. The number of carboxylic acids is 1.